The van der Waals surface area contributed by atoms with Crippen molar-refractivity contribution in [3.63, 3.8) is 0 Å². The largest absolute Gasteiger partial charge is 0.508 e. The lowest BCUT2D eigenvalue weighted by Crippen LogP contribution is -2.22. The van der Waals surface area contributed by atoms with Crippen molar-refractivity contribution in [2.75, 3.05) is 20.2 Å². The summed E-state index contributed by atoms with van der Waals surface area (Å²) in [5.74, 6) is -0.199. The molecule has 1 aliphatic rings. The van der Waals surface area contributed by atoms with Crippen LogP contribution in [0.15, 0.2) is 24.3 Å². The second-order valence-electron chi connectivity index (χ2n) is 3.95. The third-order valence-corrected chi connectivity index (χ3v) is 3.05. The van der Waals surface area contributed by atoms with Crippen LogP contribution in [0.2, 0.25) is 0 Å². The summed E-state index contributed by atoms with van der Waals surface area (Å²) in [6.45, 7) is 1.29. The van der Waals surface area contributed by atoms with Crippen LogP contribution in [0.4, 0.5) is 0 Å². The van der Waals surface area contributed by atoms with Gasteiger partial charge in [0.2, 0.25) is 0 Å². The molecule has 1 saturated heterocycles. The Bertz CT molecular complexity index is 392. The first-order valence-corrected chi connectivity index (χ1v) is 5.30. The summed E-state index contributed by atoms with van der Waals surface area (Å²) in [7, 11) is 1.39. The molecule has 2 atom stereocenters. The Kier molecular flexibility index (Phi) is 3.10. The van der Waals surface area contributed by atoms with Gasteiger partial charge in [0, 0.05) is 19.0 Å². The van der Waals surface area contributed by atoms with Crippen molar-refractivity contribution in [3.05, 3.63) is 29.8 Å². The predicted octanol–water partition coefficient (Wildman–Crippen LogP) is 0.868. The smallest absolute Gasteiger partial charge is 0.310 e. The average molecular weight is 221 g/mol. The van der Waals surface area contributed by atoms with E-state index < -0.39 is 0 Å². The van der Waals surface area contributed by atoms with Gasteiger partial charge < -0.3 is 15.2 Å². The number of aromatic hydroxyl groups is 1. The first kappa shape index (κ1) is 11.0. The van der Waals surface area contributed by atoms with E-state index in [9.17, 15) is 9.90 Å². The van der Waals surface area contributed by atoms with E-state index in [1.165, 1.54) is 7.11 Å². The highest BCUT2D eigenvalue weighted by Gasteiger charge is 2.35. The fraction of sp³-hybridized carbons (Fsp3) is 0.417. The third kappa shape index (κ3) is 1.88. The maximum Gasteiger partial charge on any atom is 0.310 e. The summed E-state index contributed by atoms with van der Waals surface area (Å²) in [6, 6.07) is 7.13. The van der Waals surface area contributed by atoms with E-state index in [4.69, 9.17) is 4.74 Å². The van der Waals surface area contributed by atoms with Crippen LogP contribution in [0.1, 0.15) is 11.5 Å². The Morgan fingerprint density at radius 1 is 1.44 bits per heavy atom. The molecule has 1 aliphatic heterocycles. The summed E-state index contributed by atoms with van der Waals surface area (Å²) in [5, 5.41) is 12.9. The zero-order chi connectivity index (χ0) is 11.5. The summed E-state index contributed by atoms with van der Waals surface area (Å²) in [4.78, 5) is 11.6. The van der Waals surface area contributed by atoms with Crippen molar-refractivity contribution in [2.24, 2.45) is 5.92 Å². The van der Waals surface area contributed by atoms with Crippen LogP contribution in [0, 0.1) is 5.92 Å². The summed E-state index contributed by atoms with van der Waals surface area (Å²) < 4.78 is 4.77. The molecule has 86 valence electrons. The standard InChI is InChI=1S/C12H15NO3/c1-16-12(15)10-7-13-6-9(10)8-4-2-3-5-11(8)14/h2-5,9-10,13-14H,6-7H2,1H3/t9-,10+/m0/s1. The number of phenols is 1. The lowest BCUT2D eigenvalue weighted by atomic mass is 9.88. The van der Waals surface area contributed by atoms with Gasteiger partial charge in [-0.25, -0.2) is 0 Å². The van der Waals surface area contributed by atoms with Gasteiger partial charge >= 0.3 is 5.97 Å². The number of phenolic OH excluding ortho intramolecular Hbond substituents is 1. The van der Waals surface area contributed by atoms with Crippen molar-refractivity contribution in [3.8, 4) is 5.75 Å². The van der Waals surface area contributed by atoms with Gasteiger partial charge in [0.15, 0.2) is 0 Å². The van der Waals surface area contributed by atoms with Crippen molar-refractivity contribution in [1.29, 1.82) is 0 Å². The second-order valence-corrected chi connectivity index (χ2v) is 3.95. The normalized spacial score (nSPS) is 24.3. The van der Waals surface area contributed by atoms with Gasteiger partial charge in [-0.3, -0.25) is 4.79 Å². The first-order valence-electron chi connectivity index (χ1n) is 5.30. The number of ether oxygens (including phenoxy) is 1. The molecule has 1 aromatic carbocycles. The fourth-order valence-corrected chi connectivity index (χ4v) is 2.21. The lowest BCUT2D eigenvalue weighted by Gasteiger charge is -2.17. The van der Waals surface area contributed by atoms with E-state index >= 15 is 0 Å². The van der Waals surface area contributed by atoms with Crippen LogP contribution in [0.5, 0.6) is 5.75 Å². The molecular formula is C12H15NO3. The zero-order valence-electron chi connectivity index (χ0n) is 9.14. The van der Waals surface area contributed by atoms with Gasteiger partial charge in [-0.2, -0.15) is 0 Å². The van der Waals surface area contributed by atoms with E-state index in [0.717, 1.165) is 5.56 Å². The lowest BCUT2D eigenvalue weighted by molar-refractivity contribution is -0.145. The molecule has 2 N–H and O–H groups in total. The molecule has 4 heteroatoms. The molecule has 16 heavy (non-hydrogen) atoms. The van der Waals surface area contributed by atoms with E-state index in [-0.39, 0.29) is 23.6 Å². The van der Waals surface area contributed by atoms with E-state index in [1.807, 2.05) is 12.1 Å². The van der Waals surface area contributed by atoms with Gasteiger partial charge in [-0.05, 0) is 11.6 Å². The molecule has 0 bridgehead atoms. The van der Waals surface area contributed by atoms with Crippen LogP contribution >= 0.6 is 0 Å². The van der Waals surface area contributed by atoms with Gasteiger partial charge in [0.1, 0.15) is 5.75 Å². The Labute approximate surface area is 94.2 Å². The quantitative estimate of drug-likeness (QED) is 0.727. The number of hydrogen-bond donors (Lipinski definition) is 2. The van der Waals surface area contributed by atoms with Crippen LogP contribution in [0.3, 0.4) is 0 Å². The number of para-hydroxylation sites is 1. The number of carbonyl (C=O) groups excluding carboxylic acids is 1. The maximum absolute atomic E-state index is 11.6. The van der Waals surface area contributed by atoms with E-state index in [1.54, 1.807) is 12.1 Å². The molecule has 0 amide bonds. The molecule has 1 aromatic rings. The van der Waals surface area contributed by atoms with Gasteiger partial charge in [-0.1, -0.05) is 18.2 Å². The van der Waals surface area contributed by atoms with Crippen LogP contribution < -0.4 is 5.32 Å². The molecule has 0 spiro atoms. The maximum atomic E-state index is 11.6. The molecule has 0 radical (unpaired) electrons. The Morgan fingerprint density at radius 2 is 2.19 bits per heavy atom. The minimum Gasteiger partial charge on any atom is -0.508 e. The Balaban J connectivity index is 2.27. The highest BCUT2D eigenvalue weighted by molar-refractivity contribution is 5.74. The molecule has 0 unspecified atom stereocenters. The highest BCUT2D eigenvalue weighted by Crippen LogP contribution is 2.33. The van der Waals surface area contributed by atoms with Gasteiger partial charge in [0.25, 0.3) is 0 Å². The zero-order valence-corrected chi connectivity index (χ0v) is 9.14. The summed E-state index contributed by atoms with van der Waals surface area (Å²) >= 11 is 0. The molecule has 0 aromatic heterocycles. The van der Waals surface area contributed by atoms with E-state index in [2.05, 4.69) is 5.32 Å². The van der Waals surface area contributed by atoms with Crippen molar-refractivity contribution < 1.29 is 14.6 Å². The van der Waals surface area contributed by atoms with Crippen LogP contribution in [-0.2, 0) is 9.53 Å². The van der Waals surface area contributed by atoms with E-state index in [0.29, 0.717) is 13.1 Å². The minimum absolute atomic E-state index is 0.00588. The Hall–Kier alpha value is -1.55. The molecule has 1 heterocycles. The van der Waals surface area contributed by atoms with Crippen molar-refractivity contribution >= 4 is 5.97 Å². The number of nitrogens with one attached hydrogen (secondary N) is 1. The fourth-order valence-electron chi connectivity index (χ4n) is 2.21. The predicted molar refractivity (Wildman–Crippen MR) is 59.2 cm³/mol. The number of carbonyl (C=O) groups is 1. The van der Waals surface area contributed by atoms with Gasteiger partial charge in [0.05, 0.1) is 13.0 Å². The average Bonchev–Trinajstić information content (AvgIpc) is 2.77. The minimum atomic E-state index is -0.224. The second kappa shape index (κ2) is 4.53. The molecule has 2 rings (SSSR count). The molecule has 1 fully saturated rings. The third-order valence-electron chi connectivity index (χ3n) is 3.05. The molecule has 4 nitrogen and oxygen atoms in total. The molecule has 0 saturated carbocycles. The molecular weight excluding hydrogens is 206 g/mol. The first-order chi connectivity index (χ1) is 7.74. The van der Waals surface area contributed by atoms with Crippen LogP contribution in [-0.4, -0.2) is 31.3 Å². The molecule has 0 aliphatic carbocycles. The topological polar surface area (TPSA) is 58.6 Å². The SMILES string of the molecule is COC(=O)[C@@H]1CNC[C@H]1c1ccccc1O. The number of rotatable bonds is 2. The number of esters is 1. The highest BCUT2D eigenvalue weighted by atomic mass is 16.5. The van der Waals surface area contributed by atoms with Crippen molar-refractivity contribution in [2.45, 2.75) is 5.92 Å². The number of benzene rings is 1. The number of methoxy groups -OCH3 is 1. The van der Waals surface area contributed by atoms with Crippen molar-refractivity contribution in [1.82, 2.24) is 5.32 Å². The number of hydrogen-bond acceptors (Lipinski definition) is 4. The summed E-state index contributed by atoms with van der Waals surface area (Å²) in [5.41, 5.74) is 0.808. The van der Waals surface area contributed by atoms with Crippen LogP contribution in [0.25, 0.3) is 0 Å². The monoisotopic (exact) mass is 221 g/mol. The Morgan fingerprint density at radius 3 is 2.88 bits per heavy atom. The summed E-state index contributed by atoms with van der Waals surface area (Å²) in [6.07, 6.45) is 0. The van der Waals surface area contributed by atoms with Gasteiger partial charge in [-0.15, -0.1) is 0 Å².